The highest BCUT2D eigenvalue weighted by atomic mass is 79.9. The van der Waals surface area contributed by atoms with Gasteiger partial charge in [-0.2, -0.15) is 0 Å². The molecule has 0 saturated carbocycles. The highest BCUT2D eigenvalue weighted by Gasteiger charge is 2.46. The molecule has 3 aliphatic rings. The number of rotatable bonds is 2. The van der Waals surface area contributed by atoms with Crippen LogP contribution in [0.3, 0.4) is 0 Å². The maximum atomic E-state index is 12.6. The molecule has 3 aliphatic heterocycles. The number of alkyl halides is 1. The van der Waals surface area contributed by atoms with Gasteiger partial charge in [0.2, 0.25) is 5.91 Å². The van der Waals surface area contributed by atoms with Crippen LogP contribution in [0.2, 0.25) is 0 Å². The molecule has 3 amide bonds. The first-order chi connectivity index (χ1) is 23.8. The fourth-order valence-corrected chi connectivity index (χ4v) is 6.86. The molecule has 2 aromatic rings. The Hall–Kier alpha value is -2.50. The number of amides is 3. The minimum atomic E-state index is -0.509. The summed E-state index contributed by atoms with van der Waals surface area (Å²) in [6.07, 6.45) is 5.96. The van der Waals surface area contributed by atoms with Gasteiger partial charge in [0.25, 0.3) is 0 Å². The normalized spacial score (nSPS) is 16.8. The van der Waals surface area contributed by atoms with E-state index in [4.69, 9.17) is 19.9 Å². The summed E-state index contributed by atoms with van der Waals surface area (Å²) in [5.74, 6) is 0.963. The van der Waals surface area contributed by atoms with Crippen molar-refractivity contribution in [3.05, 3.63) is 44.6 Å². The summed E-state index contributed by atoms with van der Waals surface area (Å²) in [7, 11) is 1.39. The van der Waals surface area contributed by atoms with E-state index in [1.165, 1.54) is 7.11 Å². The molecule has 52 heavy (non-hydrogen) atoms. The van der Waals surface area contributed by atoms with Gasteiger partial charge in [0, 0.05) is 58.4 Å². The molecule has 290 valence electrons. The van der Waals surface area contributed by atoms with E-state index in [1.807, 2.05) is 53.7 Å². The van der Waals surface area contributed by atoms with E-state index >= 15 is 0 Å². The molecule has 0 aliphatic carbocycles. The summed E-state index contributed by atoms with van der Waals surface area (Å²) < 4.78 is 17.2. The van der Waals surface area contributed by atoms with Crippen LogP contribution in [-0.2, 0) is 35.6 Å². The lowest BCUT2D eigenvalue weighted by atomic mass is 9.71. The largest absolute Gasteiger partial charge is 0.469 e. The summed E-state index contributed by atoms with van der Waals surface area (Å²) in [5.41, 5.74) is 6.13. The maximum absolute atomic E-state index is 12.6. The lowest BCUT2D eigenvalue weighted by Crippen LogP contribution is -2.51. The summed E-state index contributed by atoms with van der Waals surface area (Å²) in [5, 5.41) is 3.67. The maximum Gasteiger partial charge on any atom is 0.410 e. The van der Waals surface area contributed by atoms with Crippen molar-refractivity contribution < 1.29 is 33.4 Å². The predicted octanol–water partition coefficient (Wildman–Crippen LogP) is 8.06. The molecule has 0 radical (unpaired) electrons. The molecular formula is C35H50Br4N6O7. The Balaban J connectivity index is 0.000000292. The number of likely N-dealkylation sites (tertiary alicyclic amines) is 2. The Labute approximate surface area is 342 Å². The number of nitrogens with one attached hydrogen (secondary N) is 1. The molecule has 0 bridgehead atoms. The van der Waals surface area contributed by atoms with Gasteiger partial charge >= 0.3 is 18.2 Å². The fraction of sp³-hybridized carbons (Fsp3) is 0.600. The fourth-order valence-electron chi connectivity index (χ4n) is 5.65. The van der Waals surface area contributed by atoms with Crippen LogP contribution in [-0.4, -0.2) is 88.3 Å². The monoisotopic (exact) mass is 982 g/mol. The number of fused-ring (bicyclic) bond motifs is 1. The van der Waals surface area contributed by atoms with Crippen LogP contribution in [0.1, 0.15) is 78.4 Å². The Kier molecular flexibility index (Phi) is 17.3. The number of nitrogens with zero attached hydrogens (tertiary/aromatic N) is 4. The van der Waals surface area contributed by atoms with Gasteiger partial charge in [0.05, 0.1) is 18.4 Å². The molecule has 0 unspecified atom stereocenters. The standard InChI is InChI=1S/C17H22BrN3O3.C12H21NO4.C6H6Br2N2.BrH/c1-16(2,3)24-15(23)21-6-4-17(5-7-21)9-11-8-12(18)10-19-13(11)20-14(17)22;1-12(2,3)17-11(15)13-7-5-9(6-8-13)10(14)16-4;7-2-4-1-5(8)3-10-6(4)9;/h8,10H,4-7,9H2,1-3H3,(H,19,20,22);9H,5-8H2,1-4H3;1,3H,2H2,(H2,9,10);1H. The smallest absolute Gasteiger partial charge is 0.410 e. The Morgan fingerprint density at radius 1 is 0.904 bits per heavy atom. The second kappa shape index (κ2) is 19.7. The summed E-state index contributed by atoms with van der Waals surface area (Å²) in [4.78, 5) is 59.4. The van der Waals surface area contributed by atoms with Crippen LogP contribution in [0.4, 0.5) is 21.2 Å². The molecule has 3 N–H and O–H groups in total. The molecule has 17 heteroatoms. The molecule has 1 spiro atoms. The van der Waals surface area contributed by atoms with Crippen molar-refractivity contribution in [1.82, 2.24) is 19.8 Å². The zero-order chi connectivity index (χ0) is 38.1. The van der Waals surface area contributed by atoms with E-state index in [2.05, 4.69) is 63.1 Å². The van der Waals surface area contributed by atoms with Crippen LogP contribution in [0.25, 0.3) is 0 Å². The molecule has 0 atom stereocenters. The van der Waals surface area contributed by atoms with E-state index < -0.39 is 16.6 Å². The number of hydrogen-bond acceptors (Lipinski definition) is 10. The zero-order valence-corrected chi connectivity index (χ0v) is 37.2. The minimum absolute atomic E-state index is 0. The number of piperidine rings is 2. The van der Waals surface area contributed by atoms with Crippen LogP contribution in [0, 0.1) is 11.3 Å². The number of carbonyl (C=O) groups is 4. The van der Waals surface area contributed by atoms with E-state index in [9.17, 15) is 19.2 Å². The topological polar surface area (TPSA) is 166 Å². The zero-order valence-electron chi connectivity index (χ0n) is 30.7. The number of carbonyl (C=O) groups excluding carboxylic acids is 4. The summed E-state index contributed by atoms with van der Waals surface area (Å²) in [6.45, 7) is 13.2. The van der Waals surface area contributed by atoms with Gasteiger partial charge in [-0.25, -0.2) is 19.6 Å². The number of hydrogen-bond donors (Lipinski definition) is 2. The average Bonchev–Trinajstić information content (AvgIpc) is 3.05. The lowest BCUT2D eigenvalue weighted by Gasteiger charge is -2.43. The van der Waals surface area contributed by atoms with Crippen molar-refractivity contribution in [2.75, 3.05) is 44.3 Å². The molecule has 2 fully saturated rings. The van der Waals surface area contributed by atoms with Crippen LogP contribution >= 0.6 is 64.8 Å². The van der Waals surface area contributed by atoms with E-state index in [-0.39, 0.29) is 47.0 Å². The van der Waals surface area contributed by atoms with Gasteiger partial charge < -0.3 is 35.1 Å². The number of nitrogen functional groups attached to an aromatic ring is 1. The van der Waals surface area contributed by atoms with Crippen molar-refractivity contribution >= 4 is 100 Å². The third-order valence-corrected chi connectivity index (χ3v) is 9.81. The number of methoxy groups -OCH3 is 1. The highest BCUT2D eigenvalue weighted by molar-refractivity contribution is 9.10. The van der Waals surface area contributed by atoms with Crippen molar-refractivity contribution in [2.45, 2.75) is 90.2 Å². The van der Waals surface area contributed by atoms with Crippen LogP contribution < -0.4 is 11.1 Å². The van der Waals surface area contributed by atoms with E-state index in [1.54, 1.807) is 22.2 Å². The minimum Gasteiger partial charge on any atom is -0.469 e. The number of anilines is 2. The first kappa shape index (κ1) is 45.7. The number of esters is 1. The number of ether oxygens (including phenoxy) is 3. The third-order valence-electron chi connectivity index (χ3n) is 8.34. The van der Waals surface area contributed by atoms with E-state index in [0.717, 1.165) is 25.4 Å². The van der Waals surface area contributed by atoms with Crippen molar-refractivity contribution in [2.24, 2.45) is 11.3 Å². The van der Waals surface area contributed by atoms with Crippen LogP contribution in [0.5, 0.6) is 0 Å². The van der Waals surface area contributed by atoms with Gasteiger partial charge in [-0.05, 0) is 123 Å². The summed E-state index contributed by atoms with van der Waals surface area (Å²) in [6, 6.07) is 3.95. The molecule has 2 aromatic heterocycles. The highest BCUT2D eigenvalue weighted by Crippen LogP contribution is 2.41. The van der Waals surface area contributed by atoms with Crippen molar-refractivity contribution in [3.63, 3.8) is 0 Å². The molecule has 13 nitrogen and oxygen atoms in total. The first-order valence-corrected chi connectivity index (χ1v) is 19.4. The van der Waals surface area contributed by atoms with E-state index in [0.29, 0.717) is 69.9 Å². The third kappa shape index (κ3) is 13.7. The van der Waals surface area contributed by atoms with Crippen molar-refractivity contribution in [3.8, 4) is 0 Å². The Morgan fingerprint density at radius 2 is 1.40 bits per heavy atom. The number of halogens is 4. The summed E-state index contributed by atoms with van der Waals surface area (Å²) >= 11 is 10.0. The average molecular weight is 986 g/mol. The van der Waals surface area contributed by atoms with Gasteiger partial charge in [-0.15, -0.1) is 17.0 Å². The lowest BCUT2D eigenvalue weighted by molar-refractivity contribution is -0.147. The van der Waals surface area contributed by atoms with Gasteiger partial charge in [-0.3, -0.25) is 9.59 Å². The van der Waals surface area contributed by atoms with Crippen LogP contribution in [0.15, 0.2) is 33.5 Å². The Morgan fingerprint density at radius 3 is 1.88 bits per heavy atom. The van der Waals surface area contributed by atoms with Gasteiger partial charge in [0.1, 0.15) is 22.8 Å². The first-order valence-electron chi connectivity index (χ1n) is 16.7. The molecule has 2 saturated heterocycles. The molecule has 5 rings (SSSR count). The molecule has 5 heterocycles. The molecule has 0 aromatic carbocycles. The van der Waals surface area contributed by atoms with Gasteiger partial charge in [-0.1, -0.05) is 15.9 Å². The number of pyridine rings is 2. The number of nitrogens with two attached hydrogens (primary N) is 1. The quantitative estimate of drug-likeness (QED) is 0.171. The predicted molar refractivity (Wildman–Crippen MR) is 216 cm³/mol. The molecular weight excluding hydrogens is 936 g/mol. The SMILES string of the molecule is Br.CC(C)(C)OC(=O)N1CCC2(CC1)Cc1cc(Br)cnc1NC2=O.COC(=O)C1CCN(C(=O)OC(C)(C)C)CC1.Nc1ncc(Br)cc1CBr. The Bertz CT molecular complexity index is 1550. The van der Waals surface area contributed by atoms with Crippen molar-refractivity contribution in [1.29, 1.82) is 0 Å². The van der Waals surface area contributed by atoms with Gasteiger partial charge in [0.15, 0.2) is 0 Å². The second-order valence-corrected chi connectivity index (χ2v) is 17.0. The number of aromatic nitrogens is 2. The second-order valence-electron chi connectivity index (χ2n) is 14.6.